The number of aromatic nitrogens is 3. The Morgan fingerprint density at radius 1 is 1.14 bits per heavy atom. The summed E-state index contributed by atoms with van der Waals surface area (Å²) in [6.07, 6.45) is 2.34. The van der Waals surface area contributed by atoms with E-state index in [0.717, 1.165) is 40.3 Å². The van der Waals surface area contributed by atoms with Gasteiger partial charge in [-0.15, -0.1) is 5.10 Å². The predicted octanol–water partition coefficient (Wildman–Crippen LogP) is 6.60. The molecule has 0 radical (unpaired) electrons. The van der Waals surface area contributed by atoms with Gasteiger partial charge in [0.2, 0.25) is 10.1 Å². The third-order valence-corrected chi connectivity index (χ3v) is 7.07. The summed E-state index contributed by atoms with van der Waals surface area (Å²) in [5.74, 6) is 0.844. The Balaban J connectivity index is 1.78. The van der Waals surface area contributed by atoms with E-state index in [1.807, 2.05) is 16.6 Å². The van der Waals surface area contributed by atoms with Crippen molar-refractivity contribution in [2.75, 3.05) is 23.3 Å². The van der Waals surface area contributed by atoms with Gasteiger partial charge in [-0.05, 0) is 45.1 Å². The van der Waals surface area contributed by atoms with E-state index >= 15 is 0 Å². The van der Waals surface area contributed by atoms with Crippen LogP contribution in [0.15, 0.2) is 18.2 Å². The largest absolute Gasteiger partial charge is 0.364 e. The molecule has 3 aromatic rings. The molecule has 0 amide bonds. The van der Waals surface area contributed by atoms with Crippen LogP contribution in [0, 0.1) is 5.41 Å². The molecule has 29 heavy (non-hydrogen) atoms. The molecular formula is C21H27Cl2N5S. The summed E-state index contributed by atoms with van der Waals surface area (Å²) < 4.78 is 1.91. The quantitative estimate of drug-likeness (QED) is 0.486. The van der Waals surface area contributed by atoms with Gasteiger partial charge in [0.25, 0.3) is 0 Å². The standard InChI is InChI=1S/C21H27Cl2N5S/c1-20(2,3)25-17-16(13-7-6-8-14(22)15(13)23)24-18-28(17)26-19(29-18)27-11-9-21(4,5)10-12-27/h6-8,25H,9-12H2,1-5H3. The number of rotatable bonds is 3. The van der Waals surface area contributed by atoms with E-state index in [2.05, 4.69) is 44.8 Å². The first-order chi connectivity index (χ1) is 13.5. The molecule has 2 aromatic heterocycles. The second-order valence-corrected chi connectivity index (χ2v) is 11.2. The van der Waals surface area contributed by atoms with Crippen molar-refractivity contribution < 1.29 is 0 Å². The zero-order valence-electron chi connectivity index (χ0n) is 17.5. The molecule has 0 saturated carbocycles. The Labute approximate surface area is 186 Å². The maximum absolute atomic E-state index is 6.51. The van der Waals surface area contributed by atoms with E-state index in [4.69, 9.17) is 33.3 Å². The van der Waals surface area contributed by atoms with Gasteiger partial charge in [-0.25, -0.2) is 4.98 Å². The van der Waals surface area contributed by atoms with Crippen LogP contribution < -0.4 is 10.2 Å². The summed E-state index contributed by atoms with van der Waals surface area (Å²) in [4.78, 5) is 8.12. The molecule has 0 spiro atoms. The van der Waals surface area contributed by atoms with Gasteiger partial charge in [0, 0.05) is 24.2 Å². The van der Waals surface area contributed by atoms with Crippen LogP contribution in [0.2, 0.25) is 10.0 Å². The topological polar surface area (TPSA) is 45.5 Å². The number of halogens is 2. The molecule has 5 nitrogen and oxygen atoms in total. The van der Waals surface area contributed by atoms with Crippen LogP contribution in [0.3, 0.4) is 0 Å². The fraction of sp³-hybridized carbons (Fsp3) is 0.524. The number of imidazole rings is 1. The summed E-state index contributed by atoms with van der Waals surface area (Å²) in [5, 5.41) is 10.5. The zero-order chi connectivity index (χ0) is 21.0. The lowest BCUT2D eigenvalue weighted by Crippen LogP contribution is -2.37. The molecule has 1 aromatic carbocycles. The van der Waals surface area contributed by atoms with Crippen molar-refractivity contribution in [3.63, 3.8) is 0 Å². The van der Waals surface area contributed by atoms with Crippen LogP contribution in [0.4, 0.5) is 10.9 Å². The first-order valence-electron chi connectivity index (χ1n) is 9.91. The average Bonchev–Trinajstić information content (AvgIpc) is 3.16. The van der Waals surface area contributed by atoms with Crippen LogP contribution in [0.25, 0.3) is 16.2 Å². The van der Waals surface area contributed by atoms with E-state index in [9.17, 15) is 0 Å². The van der Waals surface area contributed by atoms with Gasteiger partial charge in [-0.2, -0.15) is 4.52 Å². The molecule has 3 heterocycles. The molecule has 1 aliphatic rings. The summed E-state index contributed by atoms with van der Waals surface area (Å²) in [7, 11) is 0. The van der Waals surface area contributed by atoms with Gasteiger partial charge >= 0.3 is 0 Å². The second-order valence-electron chi connectivity index (χ2n) is 9.52. The van der Waals surface area contributed by atoms with E-state index in [-0.39, 0.29) is 5.54 Å². The van der Waals surface area contributed by atoms with Gasteiger partial charge in [-0.1, -0.05) is 60.5 Å². The van der Waals surface area contributed by atoms with E-state index in [0.29, 0.717) is 15.5 Å². The number of hydrogen-bond acceptors (Lipinski definition) is 5. The number of anilines is 2. The molecule has 156 valence electrons. The highest BCUT2D eigenvalue weighted by molar-refractivity contribution is 7.20. The number of nitrogens with one attached hydrogen (secondary N) is 1. The van der Waals surface area contributed by atoms with Crippen molar-refractivity contribution in [2.24, 2.45) is 5.41 Å². The van der Waals surface area contributed by atoms with E-state index in [1.165, 1.54) is 12.8 Å². The SMILES string of the molecule is CC1(C)CCN(c2nn3c(NC(C)(C)C)c(-c4cccc(Cl)c4Cl)nc3s2)CC1. The lowest BCUT2D eigenvalue weighted by molar-refractivity contribution is 0.279. The lowest BCUT2D eigenvalue weighted by atomic mass is 9.83. The highest BCUT2D eigenvalue weighted by Gasteiger charge is 2.29. The molecule has 1 N–H and O–H groups in total. The first-order valence-corrected chi connectivity index (χ1v) is 11.5. The molecule has 1 aliphatic heterocycles. The number of fused-ring (bicyclic) bond motifs is 1. The number of piperidine rings is 1. The molecule has 0 bridgehead atoms. The Morgan fingerprint density at radius 2 is 1.83 bits per heavy atom. The molecule has 1 fully saturated rings. The summed E-state index contributed by atoms with van der Waals surface area (Å²) in [6, 6.07) is 5.63. The zero-order valence-corrected chi connectivity index (χ0v) is 19.8. The number of hydrogen-bond donors (Lipinski definition) is 1. The Morgan fingerprint density at radius 3 is 2.48 bits per heavy atom. The number of benzene rings is 1. The van der Waals surface area contributed by atoms with Crippen molar-refractivity contribution in [3.8, 4) is 11.3 Å². The van der Waals surface area contributed by atoms with Crippen molar-refractivity contribution in [3.05, 3.63) is 28.2 Å². The smallest absolute Gasteiger partial charge is 0.216 e. The molecule has 0 unspecified atom stereocenters. The van der Waals surface area contributed by atoms with E-state index < -0.39 is 0 Å². The predicted molar refractivity (Wildman–Crippen MR) is 125 cm³/mol. The highest BCUT2D eigenvalue weighted by Crippen LogP contribution is 2.40. The lowest BCUT2D eigenvalue weighted by Gasteiger charge is -2.36. The number of nitrogens with zero attached hydrogens (tertiary/aromatic N) is 4. The fourth-order valence-electron chi connectivity index (χ4n) is 3.51. The van der Waals surface area contributed by atoms with Crippen LogP contribution >= 0.6 is 34.5 Å². The second kappa shape index (κ2) is 7.33. The van der Waals surface area contributed by atoms with Gasteiger partial charge in [0.1, 0.15) is 5.69 Å². The van der Waals surface area contributed by atoms with Gasteiger partial charge in [0.05, 0.1) is 10.0 Å². The van der Waals surface area contributed by atoms with Crippen molar-refractivity contribution in [2.45, 2.75) is 53.0 Å². The first kappa shape index (κ1) is 20.8. The average molecular weight is 452 g/mol. The van der Waals surface area contributed by atoms with Gasteiger partial charge in [-0.3, -0.25) is 0 Å². The summed E-state index contributed by atoms with van der Waals surface area (Å²) >= 11 is 14.4. The fourth-order valence-corrected chi connectivity index (χ4v) is 4.85. The highest BCUT2D eigenvalue weighted by atomic mass is 35.5. The minimum Gasteiger partial charge on any atom is -0.364 e. The van der Waals surface area contributed by atoms with Crippen molar-refractivity contribution in [1.29, 1.82) is 0 Å². The Kier molecular flexibility index (Phi) is 5.24. The Hall–Kier alpha value is -1.50. The van der Waals surface area contributed by atoms with Crippen molar-refractivity contribution >= 4 is 50.4 Å². The van der Waals surface area contributed by atoms with Crippen LogP contribution in [-0.4, -0.2) is 33.2 Å². The maximum Gasteiger partial charge on any atom is 0.216 e. The molecule has 8 heteroatoms. The van der Waals surface area contributed by atoms with Gasteiger partial charge in [0.15, 0.2) is 5.82 Å². The summed E-state index contributed by atoms with van der Waals surface area (Å²) in [5.41, 5.74) is 1.83. The van der Waals surface area contributed by atoms with Crippen LogP contribution in [0.1, 0.15) is 47.5 Å². The molecule has 4 rings (SSSR count). The Bertz CT molecular complexity index is 1040. The van der Waals surface area contributed by atoms with Crippen molar-refractivity contribution in [1.82, 2.24) is 14.6 Å². The minimum absolute atomic E-state index is 0.158. The molecule has 0 atom stereocenters. The third-order valence-electron chi connectivity index (χ3n) is 5.28. The summed E-state index contributed by atoms with van der Waals surface area (Å²) in [6.45, 7) is 13.1. The molecule has 0 aliphatic carbocycles. The maximum atomic E-state index is 6.51. The third kappa shape index (κ3) is 4.21. The van der Waals surface area contributed by atoms with Crippen LogP contribution in [-0.2, 0) is 0 Å². The van der Waals surface area contributed by atoms with Crippen LogP contribution in [0.5, 0.6) is 0 Å². The molecular weight excluding hydrogens is 425 g/mol. The minimum atomic E-state index is -0.158. The molecule has 1 saturated heterocycles. The van der Waals surface area contributed by atoms with E-state index in [1.54, 1.807) is 17.4 Å². The normalized spacial score (nSPS) is 17.1. The monoisotopic (exact) mass is 451 g/mol. The van der Waals surface area contributed by atoms with Gasteiger partial charge < -0.3 is 10.2 Å².